The molecule has 3 aromatic carbocycles. The lowest BCUT2D eigenvalue weighted by atomic mass is 9.99. The first-order valence-corrected chi connectivity index (χ1v) is 9.91. The van der Waals surface area contributed by atoms with E-state index < -0.39 is 0 Å². The minimum atomic E-state index is -0.243. The predicted molar refractivity (Wildman–Crippen MR) is 121 cm³/mol. The molecule has 0 saturated carbocycles. The lowest BCUT2D eigenvalue weighted by Gasteiger charge is -2.12. The summed E-state index contributed by atoms with van der Waals surface area (Å²) in [5, 5.41) is 4.61. The molecular formula is C24H18Cl2N2O. The summed E-state index contributed by atoms with van der Waals surface area (Å²) >= 11 is 12.1. The van der Waals surface area contributed by atoms with E-state index >= 15 is 0 Å². The zero-order chi connectivity index (χ0) is 20.5. The van der Waals surface area contributed by atoms with Crippen LogP contribution in [0.5, 0.6) is 0 Å². The number of anilines is 1. The van der Waals surface area contributed by atoms with Crippen LogP contribution in [0, 0.1) is 13.8 Å². The number of para-hydroxylation sites is 1. The van der Waals surface area contributed by atoms with E-state index in [1.807, 2.05) is 49.4 Å². The third-order valence-corrected chi connectivity index (χ3v) is 5.18. The molecule has 1 heterocycles. The van der Waals surface area contributed by atoms with Gasteiger partial charge in [0.05, 0.1) is 16.8 Å². The van der Waals surface area contributed by atoms with E-state index in [2.05, 4.69) is 18.3 Å². The first-order chi connectivity index (χ1) is 13.9. The highest BCUT2D eigenvalue weighted by Gasteiger charge is 2.15. The number of pyridine rings is 1. The second-order valence-electron chi connectivity index (χ2n) is 7.00. The van der Waals surface area contributed by atoms with E-state index in [1.54, 1.807) is 18.2 Å². The zero-order valence-electron chi connectivity index (χ0n) is 16.0. The first kappa shape index (κ1) is 19.4. The Balaban J connectivity index is 1.83. The van der Waals surface area contributed by atoms with Crippen molar-refractivity contribution in [3.63, 3.8) is 0 Å². The quantitative estimate of drug-likeness (QED) is 0.384. The SMILES string of the molecule is Cc1ccc(-c2cc(C(=O)Nc3cc(Cl)cc(Cl)c3)c3ccccc3n2)c(C)c1. The number of nitrogens with zero attached hydrogens (tertiary/aromatic N) is 1. The normalized spacial score (nSPS) is 10.9. The lowest BCUT2D eigenvalue weighted by molar-refractivity contribution is 0.102. The van der Waals surface area contributed by atoms with Crippen molar-refractivity contribution in [2.75, 3.05) is 5.32 Å². The van der Waals surface area contributed by atoms with Crippen LogP contribution in [0.2, 0.25) is 10.0 Å². The predicted octanol–water partition coefficient (Wildman–Crippen LogP) is 7.08. The fourth-order valence-electron chi connectivity index (χ4n) is 3.43. The van der Waals surface area contributed by atoms with E-state index in [9.17, 15) is 4.79 Å². The minimum Gasteiger partial charge on any atom is -0.322 e. The number of aromatic nitrogens is 1. The average Bonchev–Trinajstić information content (AvgIpc) is 2.66. The van der Waals surface area contributed by atoms with Crippen LogP contribution in [0.4, 0.5) is 5.69 Å². The summed E-state index contributed by atoms with van der Waals surface area (Å²) in [6, 6.07) is 20.6. The lowest BCUT2D eigenvalue weighted by Crippen LogP contribution is -2.13. The number of halogens is 2. The van der Waals surface area contributed by atoms with Crippen LogP contribution in [-0.4, -0.2) is 10.9 Å². The van der Waals surface area contributed by atoms with Gasteiger partial charge in [0.25, 0.3) is 5.91 Å². The van der Waals surface area contributed by atoms with Crippen LogP contribution in [0.15, 0.2) is 66.7 Å². The van der Waals surface area contributed by atoms with Gasteiger partial charge in [-0.1, -0.05) is 65.2 Å². The molecule has 0 spiro atoms. The van der Waals surface area contributed by atoms with Crippen LogP contribution in [0.1, 0.15) is 21.5 Å². The molecule has 1 aromatic heterocycles. The summed E-state index contributed by atoms with van der Waals surface area (Å²) in [4.78, 5) is 17.9. The van der Waals surface area contributed by atoms with Gasteiger partial charge in [-0.25, -0.2) is 4.98 Å². The molecule has 0 unspecified atom stereocenters. The van der Waals surface area contributed by atoms with Gasteiger partial charge in [0.2, 0.25) is 0 Å². The molecular weight excluding hydrogens is 403 g/mol. The zero-order valence-corrected chi connectivity index (χ0v) is 17.5. The molecule has 0 atom stereocenters. The fourth-order valence-corrected chi connectivity index (χ4v) is 3.95. The van der Waals surface area contributed by atoms with Crippen LogP contribution in [0.3, 0.4) is 0 Å². The maximum atomic E-state index is 13.1. The second kappa shape index (κ2) is 7.86. The molecule has 4 aromatic rings. The molecule has 1 N–H and O–H groups in total. The van der Waals surface area contributed by atoms with Crippen molar-refractivity contribution < 1.29 is 4.79 Å². The highest BCUT2D eigenvalue weighted by Crippen LogP contribution is 2.29. The molecule has 3 nitrogen and oxygen atoms in total. The summed E-state index contributed by atoms with van der Waals surface area (Å²) in [7, 11) is 0. The Bertz CT molecular complexity index is 1230. The Morgan fingerprint density at radius 2 is 1.62 bits per heavy atom. The van der Waals surface area contributed by atoms with Gasteiger partial charge in [-0.05, 0) is 49.7 Å². The van der Waals surface area contributed by atoms with Gasteiger partial charge in [0, 0.05) is 26.7 Å². The van der Waals surface area contributed by atoms with Gasteiger partial charge in [0.15, 0.2) is 0 Å². The van der Waals surface area contributed by atoms with Gasteiger partial charge in [-0.3, -0.25) is 4.79 Å². The Kier molecular flexibility index (Phi) is 5.27. The number of benzene rings is 3. The van der Waals surface area contributed by atoms with Gasteiger partial charge < -0.3 is 5.32 Å². The molecule has 1 amide bonds. The molecule has 5 heteroatoms. The fraction of sp³-hybridized carbons (Fsp3) is 0.0833. The third kappa shape index (κ3) is 4.12. The van der Waals surface area contributed by atoms with E-state index in [4.69, 9.17) is 28.2 Å². The van der Waals surface area contributed by atoms with Crippen molar-refractivity contribution in [1.82, 2.24) is 4.98 Å². The van der Waals surface area contributed by atoms with Crippen molar-refractivity contribution in [3.8, 4) is 11.3 Å². The first-order valence-electron chi connectivity index (χ1n) is 9.15. The molecule has 29 heavy (non-hydrogen) atoms. The van der Waals surface area contributed by atoms with Gasteiger partial charge in [-0.15, -0.1) is 0 Å². The highest BCUT2D eigenvalue weighted by atomic mass is 35.5. The molecule has 4 rings (SSSR count). The van der Waals surface area contributed by atoms with Crippen LogP contribution >= 0.6 is 23.2 Å². The molecule has 0 saturated heterocycles. The Morgan fingerprint density at radius 3 is 2.34 bits per heavy atom. The Hall–Kier alpha value is -2.88. The van der Waals surface area contributed by atoms with E-state index in [0.717, 1.165) is 27.7 Å². The average molecular weight is 421 g/mol. The van der Waals surface area contributed by atoms with Crippen molar-refractivity contribution >= 4 is 45.7 Å². The van der Waals surface area contributed by atoms with Crippen molar-refractivity contribution in [2.45, 2.75) is 13.8 Å². The monoisotopic (exact) mass is 420 g/mol. The number of fused-ring (bicyclic) bond motifs is 1. The summed E-state index contributed by atoms with van der Waals surface area (Å²) in [5.41, 5.74) is 5.91. The van der Waals surface area contributed by atoms with E-state index in [1.165, 1.54) is 5.56 Å². The molecule has 0 aliphatic rings. The highest BCUT2D eigenvalue weighted by molar-refractivity contribution is 6.35. The molecule has 0 radical (unpaired) electrons. The number of hydrogen-bond donors (Lipinski definition) is 1. The number of amides is 1. The number of hydrogen-bond acceptors (Lipinski definition) is 2. The van der Waals surface area contributed by atoms with Gasteiger partial charge in [-0.2, -0.15) is 0 Å². The number of carbonyl (C=O) groups is 1. The molecule has 144 valence electrons. The maximum Gasteiger partial charge on any atom is 0.256 e. The van der Waals surface area contributed by atoms with Gasteiger partial charge in [0.1, 0.15) is 0 Å². The standard InChI is InChI=1S/C24H18Cl2N2O/c1-14-7-8-19(15(2)9-14)23-13-21(20-5-3-4-6-22(20)28-23)24(29)27-18-11-16(25)10-17(26)12-18/h3-13H,1-2H3,(H,27,29). The summed E-state index contributed by atoms with van der Waals surface area (Å²) in [6.45, 7) is 4.10. The number of nitrogens with one attached hydrogen (secondary N) is 1. The Labute approximate surface area is 179 Å². The molecule has 0 fully saturated rings. The number of rotatable bonds is 3. The largest absolute Gasteiger partial charge is 0.322 e. The summed E-state index contributed by atoms with van der Waals surface area (Å²) in [6.07, 6.45) is 0. The maximum absolute atomic E-state index is 13.1. The second-order valence-corrected chi connectivity index (χ2v) is 7.88. The van der Waals surface area contributed by atoms with Crippen LogP contribution < -0.4 is 5.32 Å². The van der Waals surface area contributed by atoms with E-state index in [0.29, 0.717) is 21.3 Å². The molecule has 0 aliphatic carbocycles. The topological polar surface area (TPSA) is 42.0 Å². The van der Waals surface area contributed by atoms with E-state index in [-0.39, 0.29) is 5.91 Å². The minimum absolute atomic E-state index is 0.243. The van der Waals surface area contributed by atoms with Crippen molar-refractivity contribution in [2.24, 2.45) is 0 Å². The number of aryl methyl sites for hydroxylation is 2. The Morgan fingerprint density at radius 1 is 0.897 bits per heavy atom. The number of carbonyl (C=O) groups excluding carboxylic acids is 1. The van der Waals surface area contributed by atoms with Crippen LogP contribution in [-0.2, 0) is 0 Å². The summed E-state index contributed by atoms with van der Waals surface area (Å²) < 4.78 is 0. The molecule has 0 aliphatic heterocycles. The van der Waals surface area contributed by atoms with Crippen molar-refractivity contribution in [3.05, 3.63) is 93.5 Å². The van der Waals surface area contributed by atoms with Crippen molar-refractivity contribution in [1.29, 1.82) is 0 Å². The van der Waals surface area contributed by atoms with Gasteiger partial charge >= 0.3 is 0 Å². The molecule has 0 bridgehead atoms. The summed E-state index contributed by atoms with van der Waals surface area (Å²) in [5.74, 6) is -0.243. The third-order valence-electron chi connectivity index (χ3n) is 4.74. The smallest absolute Gasteiger partial charge is 0.256 e. The van der Waals surface area contributed by atoms with Crippen LogP contribution in [0.25, 0.3) is 22.2 Å².